The minimum Gasteiger partial charge on any atom is -0.490 e. The number of carboxylic acids is 1. The number of carbonyl (C=O) groups excluding carboxylic acids is 1. The maximum absolute atomic E-state index is 12.5. The van der Waals surface area contributed by atoms with E-state index in [2.05, 4.69) is 21.2 Å². The summed E-state index contributed by atoms with van der Waals surface area (Å²) in [7, 11) is 0. The Kier molecular flexibility index (Phi) is 7.89. The van der Waals surface area contributed by atoms with Crippen molar-refractivity contribution in [1.82, 2.24) is 0 Å². The van der Waals surface area contributed by atoms with E-state index in [0.29, 0.717) is 35.1 Å². The van der Waals surface area contributed by atoms with Gasteiger partial charge in [0, 0.05) is 10.2 Å². The fraction of sp³-hybridized carbons (Fsp3) is 0.125. The Bertz CT molecular complexity index is 1220. The molecular weight excluding hydrogens is 492 g/mol. The number of carbonyl (C=O) groups is 2. The van der Waals surface area contributed by atoms with E-state index >= 15 is 0 Å². The van der Waals surface area contributed by atoms with Crippen LogP contribution in [0.3, 0.4) is 0 Å². The lowest BCUT2D eigenvalue weighted by Gasteiger charge is -2.12. The standard InChI is InChI=1S/C24H19BrN2O6/c1-2-31-22-12-15(3-9-20(22)32-14-19-8-10-21(33-19)24(29)30)11-16(13-26)23(28)27-18-6-4-17(25)5-7-18/h3-12H,2,14H2,1H3,(H,27,28)(H,29,30). The summed E-state index contributed by atoms with van der Waals surface area (Å²) < 4.78 is 17.4. The number of nitrogens with one attached hydrogen (secondary N) is 1. The number of benzene rings is 2. The Hall–Kier alpha value is -4.03. The number of hydrogen-bond donors (Lipinski definition) is 2. The van der Waals surface area contributed by atoms with Gasteiger partial charge in [-0.1, -0.05) is 22.0 Å². The van der Waals surface area contributed by atoms with Gasteiger partial charge < -0.3 is 24.3 Å². The van der Waals surface area contributed by atoms with Gasteiger partial charge in [-0.05, 0) is 67.1 Å². The summed E-state index contributed by atoms with van der Waals surface area (Å²) in [4.78, 5) is 23.4. The molecule has 9 heteroatoms. The summed E-state index contributed by atoms with van der Waals surface area (Å²) in [6.45, 7) is 2.18. The quantitative estimate of drug-likeness (QED) is 0.297. The third-order valence-corrected chi connectivity index (χ3v) is 4.82. The second-order valence-electron chi connectivity index (χ2n) is 6.63. The van der Waals surface area contributed by atoms with Crippen molar-refractivity contribution in [1.29, 1.82) is 5.26 Å². The number of nitrogens with zero attached hydrogens (tertiary/aromatic N) is 1. The fourth-order valence-electron chi connectivity index (χ4n) is 2.77. The summed E-state index contributed by atoms with van der Waals surface area (Å²) >= 11 is 3.33. The third-order valence-electron chi connectivity index (χ3n) is 4.29. The first-order chi connectivity index (χ1) is 15.9. The Labute approximate surface area is 198 Å². The summed E-state index contributed by atoms with van der Waals surface area (Å²) in [6, 6.07) is 16.7. The van der Waals surface area contributed by atoms with Gasteiger partial charge in [-0.25, -0.2) is 4.79 Å². The number of hydrogen-bond acceptors (Lipinski definition) is 6. The van der Waals surface area contributed by atoms with Gasteiger partial charge in [-0.3, -0.25) is 4.79 Å². The van der Waals surface area contributed by atoms with Gasteiger partial charge in [0.15, 0.2) is 11.5 Å². The van der Waals surface area contributed by atoms with Crippen LogP contribution in [0.5, 0.6) is 11.5 Å². The SMILES string of the molecule is CCOc1cc(C=C(C#N)C(=O)Nc2ccc(Br)cc2)ccc1OCc1ccc(C(=O)O)o1. The van der Waals surface area contributed by atoms with Gasteiger partial charge in [-0.15, -0.1) is 0 Å². The molecule has 0 fully saturated rings. The molecule has 0 saturated carbocycles. The summed E-state index contributed by atoms with van der Waals surface area (Å²) in [6.07, 6.45) is 1.45. The predicted molar refractivity (Wildman–Crippen MR) is 124 cm³/mol. The molecule has 1 heterocycles. The van der Waals surface area contributed by atoms with Crippen LogP contribution in [-0.4, -0.2) is 23.6 Å². The zero-order valence-electron chi connectivity index (χ0n) is 17.5. The topological polar surface area (TPSA) is 122 Å². The van der Waals surface area contributed by atoms with Gasteiger partial charge in [0.1, 0.15) is 24.0 Å². The number of amides is 1. The zero-order chi connectivity index (χ0) is 23.8. The molecule has 0 aliphatic heterocycles. The minimum absolute atomic E-state index is 0.00157. The maximum Gasteiger partial charge on any atom is 0.371 e. The molecule has 168 valence electrons. The molecular formula is C24H19BrN2O6. The first kappa shape index (κ1) is 23.6. The average Bonchev–Trinajstić information content (AvgIpc) is 3.28. The summed E-state index contributed by atoms with van der Waals surface area (Å²) in [5.74, 6) is -0.725. The molecule has 33 heavy (non-hydrogen) atoms. The number of nitriles is 1. The largest absolute Gasteiger partial charge is 0.490 e. The van der Waals surface area contributed by atoms with Gasteiger partial charge in [0.25, 0.3) is 5.91 Å². The normalized spacial score (nSPS) is 10.9. The number of furan rings is 1. The van der Waals surface area contributed by atoms with E-state index < -0.39 is 11.9 Å². The first-order valence-electron chi connectivity index (χ1n) is 9.80. The highest BCUT2D eigenvalue weighted by atomic mass is 79.9. The van der Waals surface area contributed by atoms with Crippen molar-refractivity contribution in [3.8, 4) is 17.6 Å². The maximum atomic E-state index is 12.5. The average molecular weight is 511 g/mol. The van der Waals surface area contributed by atoms with Crippen molar-refractivity contribution < 1.29 is 28.6 Å². The zero-order valence-corrected chi connectivity index (χ0v) is 19.1. The van der Waals surface area contributed by atoms with Crippen molar-refractivity contribution in [2.45, 2.75) is 13.5 Å². The highest BCUT2D eigenvalue weighted by Gasteiger charge is 2.13. The monoisotopic (exact) mass is 510 g/mol. The summed E-state index contributed by atoms with van der Waals surface area (Å²) in [5, 5.41) is 21.1. The summed E-state index contributed by atoms with van der Waals surface area (Å²) in [5.41, 5.74) is 1.05. The Morgan fingerprint density at radius 3 is 2.52 bits per heavy atom. The first-order valence-corrected chi connectivity index (χ1v) is 10.6. The molecule has 2 N–H and O–H groups in total. The predicted octanol–water partition coefficient (Wildman–Crippen LogP) is 5.26. The van der Waals surface area contributed by atoms with E-state index in [9.17, 15) is 14.9 Å². The van der Waals surface area contributed by atoms with Crippen LogP contribution in [0.25, 0.3) is 6.08 Å². The van der Waals surface area contributed by atoms with Crippen molar-refractivity contribution in [3.05, 3.63) is 81.7 Å². The molecule has 0 saturated heterocycles. The molecule has 0 aliphatic rings. The van der Waals surface area contributed by atoms with E-state index in [1.54, 1.807) is 42.5 Å². The van der Waals surface area contributed by atoms with Gasteiger partial charge in [0.2, 0.25) is 5.76 Å². The second kappa shape index (κ2) is 11.0. The highest BCUT2D eigenvalue weighted by Crippen LogP contribution is 2.30. The number of carboxylic acid groups (broad SMARTS) is 1. The third kappa shape index (κ3) is 6.48. The van der Waals surface area contributed by atoms with Crippen LogP contribution in [0.1, 0.15) is 28.8 Å². The molecule has 0 spiro atoms. The van der Waals surface area contributed by atoms with Crippen LogP contribution in [0.15, 0.2) is 69.1 Å². The van der Waals surface area contributed by atoms with Crippen LogP contribution in [0, 0.1) is 11.3 Å². The second-order valence-corrected chi connectivity index (χ2v) is 7.55. The molecule has 0 radical (unpaired) electrons. The Morgan fingerprint density at radius 1 is 1.12 bits per heavy atom. The van der Waals surface area contributed by atoms with Gasteiger partial charge in [0.05, 0.1) is 6.61 Å². The fourth-order valence-corrected chi connectivity index (χ4v) is 3.03. The lowest BCUT2D eigenvalue weighted by atomic mass is 10.1. The lowest BCUT2D eigenvalue weighted by molar-refractivity contribution is -0.112. The van der Waals surface area contributed by atoms with Crippen LogP contribution in [-0.2, 0) is 11.4 Å². The van der Waals surface area contributed by atoms with Crippen molar-refractivity contribution in [3.63, 3.8) is 0 Å². The Morgan fingerprint density at radius 2 is 1.88 bits per heavy atom. The van der Waals surface area contributed by atoms with Crippen molar-refractivity contribution >= 4 is 39.6 Å². The Balaban J connectivity index is 1.76. The lowest BCUT2D eigenvalue weighted by Crippen LogP contribution is -2.13. The van der Waals surface area contributed by atoms with Crippen LogP contribution >= 0.6 is 15.9 Å². The van der Waals surface area contributed by atoms with Crippen molar-refractivity contribution in [2.75, 3.05) is 11.9 Å². The molecule has 3 rings (SSSR count). The van der Waals surface area contributed by atoms with E-state index in [1.165, 1.54) is 18.2 Å². The number of halogens is 1. The van der Waals surface area contributed by atoms with Crippen molar-refractivity contribution in [2.24, 2.45) is 0 Å². The molecule has 2 aromatic carbocycles. The van der Waals surface area contributed by atoms with E-state index in [4.69, 9.17) is 19.0 Å². The molecule has 0 bridgehead atoms. The molecule has 8 nitrogen and oxygen atoms in total. The number of aromatic carboxylic acids is 1. The molecule has 3 aromatic rings. The minimum atomic E-state index is -1.16. The number of ether oxygens (including phenoxy) is 2. The van der Waals surface area contributed by atoms with E-state index in [0.717, 1.165) is 4.47 Å². The van der Waals surface area contributed by atoms with Crippen LogP contribution < -0.4 is 14.8 Å². The van der Waals surface area contributed by atoms with E-state index in [1.807, 2.05) is 13.0 Å². The molecule has 0 atom stereocenters. The van der Waals surface area contributed by atoms with Gasteiger partial charge in [-0.2, -0.15) is 5.26 Å². The highest BCUT2D eigenvalue weighted by molar-refractivity contribution is 9.10. The molecule has 0 aliphatic carbocycles. The number of anilines is 1. The molecule has 1 amide bonds. The number of rotatable bonds is 9. The van der Waals surface area contributed by atoms with Gasteiger partial charge >= 0.3 is 5.97 Å². The van der Waals surface area contributed by atoms with E-state index in [-0.39, 0.29) is 17.9 Å². The molecule has 1 aromatic heterocycles. The van der Waals surface area contributed by atoms with Crippen LogP contribution in [0.2, 0.25) is 0 Å². The smallest absolute Gasteiger partial charge is 0.371 e. The van der Waals surface area contributed by atoms with Crippen LogP contribution in [0.4, 0.5) is 5.69 Å². The molecule has 0 unspecified atom stereocenters.